The molecular weight excluding hydrogens is 270 g/mol. The van der Waals surface area contributed by atoms with Crippen LogP contribution in [0.4, 0.5) is 0 Å². The van der Waals surface area contributed by atoms with Gasteiger partial charge in [-0.1, -0.05) is 17.9 Å². The molecule has 3 nitrogen and oxygen atoms in total. The fraction of sp³-hybridized carbons (Fsp3) is 0.250. The van der Waals surface area contributed by atoms with Crippen molar-refractivity contribution < 1.29 is 9.47 Å². The van der Waals surface area contributed by atoms with E-state index in [1.165, 1.54) is 4.88 Å². The summed E-state index contributed by atoms with van der Waals surface area (Å²) in [6, 6.07) is 9.86. The summed E-state index contributed by atoms with van der Waals surface area (Å²) in [5.41, 5.74) is 7.37. The third-order valence-electron chi connectivity index (χ3n) is 2.72. The van der Waals surface area contributed by atoms with Crippen LogP contribution in [0.25, 0.3) is 0 Å². The highest BCUT2D eigenvalue weighted by Gasteiger charge is 2.04. The molecular formula is C16H17NO2S. The Morgan fingerprint density at radius 1 is 1.25 bits per heavy atom. The molecule has 20 heavy (non-hydrogen) atoms. The highest BCUT2D eigenvalue weighted by atomic mass is 32.1. The Kier molecular flexibility index (Phi) is 5.63. The predicted molar refractivity (Wildman–Crippen MR) is 81.7 cm³/mol. The highest BCUT2D eigenvalue weighted by molar-refractivity contribution is 7.09. The molecule has 0 aliphatic carbocycles. The smallest absolute Gasteiger partial charge is 0.119 e. The minimum absolute atomic E-state index is 0.349. The van der Waals surface area contributed by atoms with E-state index in [-0.39, 0.29) is 0 Å². The third-order valence-corrected chi connectivity index (χ3v) is 3.57. The van der Waals surface area contributed by atoms with Crippen LogP contribution in [0.15, 0.2) is 35.7 Å². The van der Waals surface area contributed by atoms with Crippen molar-refractivity contribution in [2.75, 3.05) is 13.7 Å². The van der Waals surface area contributed by atoms with Gasteiger partial charge in [0.1, 0.15) is 5.75 Å². The van der Waals surface area contributed by atoms with E-state index in [0.29, 0.717) is 19.8 Å². The topological polar surface area (TPSA) is 44.5 Å². The van der Waals surface area contributed by atoms with E-state index in [9.17, 15) is 0 Å². The van der Waals surface area contributed by atoms with Crippen molar-refractivity contribution >= 4 is 11.3 Å². The second-order valence-electron chi connectivity index (χ2n) is 4.10. The van der Waals surface area contributed by atoms with Gasteiger partial charge in [-0.15, -0.1) is 11.3 Å². The summed E-state index contributed by atoms with van der Waals surface area (Å²) in [7, 11) is 1.65. The molecule has 0 bridgehead atoms. The van der Waals surface area contributed by atoms with Crippen molar-refractivity contribution in [3.05, 3.63) is 51.7 Å². The molecule has 0 atom stereocenters. The van der Waals surface area contributed by atoms with Gasteiger partial charge in [0.15, 0.2) is 0 Å². The molecule has 0 saturated heterocycles. The Morgan fingerprint density at radius 2 is 2.15 bits per heavy atom. The van der Waals surface area contributed by atoms with Gasteiger partial charge in [0.25, 0.3) is 0 Å². The SMILES string of the molecule is COc1ccc(C#CCN)c(COCc2cccs2)c1. The molecule has 1 aromatic heterocycles. The van der Waals surface area contributed by atoms with Gasteiger partial charge < -0.3 is 15.2 Å². The molecule has 0 aliphatic heterocycles. The molecule has 0 fully saturated rings. The van der Waals surface area contributed by atoms with Crippen molar-refractivity contribution in [2.45, 2.75) is 13.2 Å². The van der Waals surface area contributed by atoms with Gasteiger partial charge in [-0.25, -0.2) is 0 Å². The molecule has 0 radical (unpaired) electrons. The Hall–Kier alpha value is -1.80. The molecule has 2 N–H and O–H groups in total. The molecule has 2 rings (SSSR count). The van der Waals surface area contributed by atoms with Crippen molar-refractivity contribution in [2.24, 2.45) is 5.73 Å². The molecule has 1 aromatic carbocycles. The van der Waals surface area contributed by atoms with Gasteiger partial charge in [-0.2, -0.15) is 0 Å². The lowest BCUT2D eigenvalue weighted by Crippen LogP contribution is -1.98. The summed E-state index contributed by atoms with van der Waals surface area (Å²) in [5, 5.41) is 2.04. The first-order valence-electron chi connectivity index (χ1n) is 6.29. The van der Waals surface area contributed by atoms with Crippen LogP contribution in [0.2, 0.25) is 0 Å². The second kappa shape index (κ2) is 7.71. The number of ether oxygens (including phenoxy) is 2. The van der Waals surface area contributed by atoms with Crippen LogP contribution in [0.5, 0.6) is 5.75 Å². The number of hydrogen-bond acceptors (Lipinski definition) is 4. The molecule has 0 unspecified atom stereocenters. The maximum Gasteiger partial charge on any atom is 0.119 e. The Bertz CT molecular complexity index is 597. The van der Waals surface area contributed by atoms with Gasteiger partial charge in [-0.05, 0) is 35.2 Å². The van der Waals surface area contributed by atoms with Crippen LogP contribution in [0.3, 0.4) is 0 Å². The number of methoxy groups -OCH3 is 1. The maximum atomic E-state index is 5.74. The summed E-state index contributed by atoms with van der Waals surface area (Å²) >= 11 is 1.69. The average Bonchev–Trinajstić information content (AvgIpc) is 2.99. The van der Waals surface area contributed by atoms with Crippen molar-refractivity contribution in [3.8, 4) is 17.6 Å². The zero-order valence-corrected chi connectivity index (χ0v) is 12.2. The fourth-order valence-electron chi connectivity index (χ4n) is 1.74. The number of thiophene rings is 1. The first-order valence-corrected chi connectivity index (χ1v) is 7.17. The van der Waals surface area contributed by atoms with Crippen LogP contribution >= 0.6 is 11.3 Å². The number of rotatable bonds is 5. The van der Waals surface area contributed by atoms with Crippen molar-refractivity contribution in [1.82, 2.24) is 0 Å². The molecule has 0 amide bonds. The standard InChI is InChI=1S/C16H17NO2S/c1-18-15-7-6-13(4-2-8-17)14(10-15)11-19-12-16-5-3-9-20-16/h3,5-7,9-10H,8,11-12,17H2,1H3. The molecule has 0 aliphatic rings. The summed E-state index contributed by atoms with van der Waals surface area (Å²) in [4.78, 5) is 1.21. The van der Waals surface area contributed by atoms with E-state index in [0.717, 1.165) is 16.9 Å². The van der Waals surface area contributed by atoms with E-state index in [4.69, 9.17) is 15.2 Å². The summed E-state index contributed by atoms with van der Waals surface area (Å²) < 4.78 is 11.0. The quantitative estimate of drug-likeness (QED) is 0.860. The van der Waals surface area contributed by atoms with Gasteiger partial charge in [0, 0.05) is 10.4 Å². The maximum absolute atomic E-state index is 5.74. The van der Waals surface area contributed by atoms with Gasteiger partial charge >= 0.3 is 0 Å². The zero-order chi connectivity index (χ0) is 14.2. The molecule has 2 aromatic rings. The molecule has 0 spiro atoms. The van der Waals surface area contributed by atoms with Crippen molar-refractivity contribution in [3.63, 3.8) is 0 Å². The molecule has 0 saturated carbocycles. The molecule has 1 heterocycles. The predicted octanol–water partition coefficient (Wildman–Crippen LogP) is 2.78. The minimum Gasteiger partial charge on any atom is -0.497 e. The van der Waals surface area contributed by atoms with E-state index in [1.54, 1.807) is 18.4 Å². The van der Waals surface area contributed by atoms with Gasteiger partial charge in [0.05, 0.1) is 26.9 Å². The number of hydrogen-bond donors (Lipinski definition) is 1. The number of nitrogens with two attached hydrogens (primary N) is 1. The summed E-state index contributed by atoms with van der Waals surface area (Å²) in [6.45, 7) is 1.46. The minimum atomic E-state index is 0.349. The summed E-state index contributed by atoms with van der Waals surface area (Å²) in [5.74, 6) is 6.73. The van der Waals surface area contributed by atoms with E-state index >= 15 is 0 Å². The normalized spacial score (nSPS) is 9.90. The van der Waals surface area contributed by atoms with Crippen LogP contribution in [-0.4, -0.2) is 13.7 Å². The Balaban J connectivity index is 2.06. The van der Waals surface area contributed by atoms with Crippen LogP contribution in [0, 0.1) is 11.8 Å². The number of benzene rings is 1. The highest BCUT2D eigenvalue weighted by Crippen LogP contribution is 2.19. The molecule has 4 heteroatoms. The first-order chi connectivity index (χ1) is 9.83. The Morgan fingerprint density at radius 3 is 2.85 bits per heavy atom. The van der Waals surface area contributed by atoms with Crippen molar-refractivity contribution in [1.29, 1.82) is 0 Å². The van der Waals surface area contributed by atoms with Gasteiger partial charge in [0.2, 0.25) is 0 Å². The van der Waals surface area contributed by atoms with Crippen LogP contribution in [-0.2, 0) is 18.0 Å². The first kappa shape index (κ1) is 14.6. The molecule has 104 valence electrons. The van der Waals surface area contributed by atoms with Gasteiger partial charge in [-0.3, -0.25) is 0 Å². The largest absolute Gasteiger partial charge is 0.497 e. The van der Waals surface area contributed by atoms with Crippen LogP contribution < -0.4 is 10.5 Å². The lowest BCUT2D eigenvalue weighted by atomic mass is 10.1. The van der Waals surface area contributed by atoms with E-state index < -0.39 is 0 Å². The Labute approximate surface area is 123 Å². The lowest BCUT2D eigenvalue weighted by molar-refractivity contribution is 0.109. The third kappa shape index (κ3) is 4.10. The fourth-order valence-corrected chi connectivity index (χ4v) is 2.38. The average molecular weight is 287 g/mol. The monoisotopic (exact) mass is 287 g/mol. The van der Waals surface area contributed by atoms with E-state index in [2.05, 4.69) is 17.9 Å². The second-order valence-corrected chi connectivity index (χ2v) is 5.13. The van der Waals surface area contributed by atoms with E-state index in [1.807, 2.05) is 29.6 Å². The summed E-state index contributed by atoms with van der Waals surface area (Å²) in [6.07, 6.45) is 0. The zero-order valence-electron chi connectivity index (χ0n) is 11.4. The van der Waals surface area contributed by atoms with Crippen LogP contribution in [0.1, 0.15) is 16.0 Å². The lowest BCUT2D eigenvalue weighted by Gasteiger charge is -2.08.